The first-order chi connectivity index (χ1) is 22.9. The number of fused-ring (bicyclic) bond motifs is 1. The third-order valence-electron chi connectivity index (χ3n) is 9.60. The molecule has 6 rings (SSSR count). The van der Waals surface area contributed by atoms with E-state index >= 15 is 0 Å². The summed E-state index contributed by atoms with van der Waals surface area (Å²) in [5.41, 5.74) is 9.94. The molecular formula is C37H50N8O2. The van der Waals surface area contributed by atoms with E-state index in [1.807, 2.05) is 10.9 Å². The maximum Gasteiger partial charge on any atom is 0.315 e. The van der Waals surface area contributed by atoms with E-state index in [1.54, 1.807) is 0 Å². The molecule has 0 aliphatic carbocycles. The van der Waals surface area contributed by atoms with E-state index in [4.69, 9.17) is 9.72 Å². The highest BCUT2D eigenvalue weighted by molar-refractivity contribution is 5.92. The van der Waals surface area contributed by atoms with Crippen LogP contribution in [0.5, 0.6) is 0 Å². The number of rotatable bonds is 11. The number of carbonyl (C=O) groups is 1. The van der Waals surface area contributed by atoms with E-state index in [0.717, 1.165) is 105 Å². The number of piperazine rings is 1. The van der Waals surface area contributed by atoms with Crippen LogP contribution in [0.1, 0.15) is 54.6 Å². The second kappa shape index (κ2) is 15.3. The summed E-state index contributed by atoms with van der Waals surface area (Å²) in [6.45, 7) is 14.8. The molecule has 2 aromatic carbocycles. The average Bonchev–Trinajstić information content (AvgIpc) is 3.51. The lowest BCUT2D eigenvalue weighted by molar-refractivity contribution is 0.0904. The Bertz CT molecular complexity index is 1670. The number of ether oxygens (including phenoxy) is 1. The third kappa shape index (κ3) is 7.94. The van der Waals surface area contributed by atoms with Crippen molar-refractivity contribution in [3.8, 4) is 11.1 Å². The Morgan fingerprint density at radius 1 is 0.979 bits per heavy atom. The topological polar surface area (TPSA) is 99.6 Å². The molecule has 0 radical (unpaired) electrons. The van der Waals surface area contributed by atoms with Gasteiger partial charge in [0.05, 0.1) is 17.3 Å². The quantitative estimate of drug-likeness (QED) is 0.204. The van der Waals surface area contributed by atoms with Gasteiger partial charge in [-0.25, -0.2) is 14.5 Å². The van der Waals surface area contributed by atoms with Gasteiger partial charge in [0.15, 0.2) is 5.65 Å². The number of aryl methyl sites for hydroxylation is 3. The summed E-state index contributed by atoms with van der Waals surface area (Å²) < 4.78 is 7.54. The van der Waals surface area contributed by atoms with E-state index in [-0.39, 0.29) is 6.03 Å². The summed E-state index contributed by atoms with van der Waals surface area (Å²) in [5, 5.41) is 15.6. The molecule has 10 heteroatoms. The van der Waals surface area contributed by atoms with E-state index in [9.17, 15) is 4.79 Å². The van der Waals surface area contributed by atoms with Gasteiger partial charge >= 0.3 is 6.03 Å². The Morgan fingerprint density at radius 2 is 1.77 bits per heavy atom. The van der Waals surface area contributed by atoms with E-state index < -0.39 is 0 Å². The van der Waals surface area contributed by atoms with Gasteiger partial charge in [0.1, 0.15) is 0 Å². The summed E-state index contributed by atoms with van der Waals surface area (Å²) in [6.07, 6.45) is 4.54. The molecule has 2 aromatic heterocycles. The molecule has 2 saturated heterocycles. The van der Waals surface area contributed by atoms with Crippen LogP contribution in [0.4, 0.5) is 10.5 Å². The summed E-state index contributed by atoms with van der Waals surface area (Å²) in [6, 6.07) is 15.4. The number of hydrogen-bond donors (Lipinski definition) is 3. The molecule has 0 spiro atoms. The SMILES string of the molecule is CCc1nc2c(cnn2CC)c(NC2CCOCC2)c1CNC(=O)NCc1ccc(C)c(-c2cccc(CN3CCN(C)CC3)c2)c1. The van der Waals surface area contributed by atoms with Crippen molar-refractivity contribution in [3.63, 3.8) is 0 Å². The summed E-state index contributed by atoms with van der Waals surface area (Å²) in [5.74, 6) is 0. The van der Waals surface area contributed by atoms with Crippen molar-refractivity contribution in [2.24, 2.45) is 0 Å². The lowest BCUT2D eigenvalue weighted by Crippen LogP contribution is -2.43. The molecule has 0 atom stereocenters. The summed E-state index contributed by atoms with van der Waals surface area (Å²) in [7, 11) is 2.19. The molecule has 2 aliphatic heterocycles. The number of aromatic nitrogens is 3. The lowest BCUT2D eigenvalue weighted by atomic mass is 9.96. The van der Waals surface area contributed by atoms with Gasteiger partial charge in [0.2, 0.25) is 0 Å². The van der Waals surface area contributed by atoms with Crippen LogP contribution < -0.4 is 16.0 Å². The van der Waals surface area contributed by atoms with E-state index in [2.05, 4.69) is 101 Å². The smallest absolute Gasteiger partial charge is 0.315 e. The molecule has 4 aromatic rings. The van der Waals surface area contributed by atoms with Gasteiger partial charge in [-0.1, -0.05) is 37.3 Å². The number of pyridine rings is 1. The number of urea groups is 1. The van der Waals surface area contributed by atoms with Gasteiger partial charge in [0, 0.05) is 82.9 Å². The maximum atomic E-state index is 13.2. The van der Waals surface area contributed by atoms with Crippen LogP contribution in [-0.2, 0) is 37.3 Å². The van der Waals surface area contributed by atoms with Crippen LogP contribution in [0, 0.1) is 6.92 Å². The van der Waals surface area contributed by atoms with E-state index in [1.165, 1.54) is 22.3 Å². The number of anilines is 1. The van der Waals surface area contributed by atoms with E-state index in [0.29, 0.717) is 19.1 Å². The number of carbonyl (C=O) groups excluding carboxylic acids is 1. The van der Waals surface area contributed by atoms with Crippen molar-refractivity contribution < 1.29 is 9.53 Å². The minimum Gasteiger partial charge on any atom is -0.381 e. The molecule has 3 N–H and O–H groups in total. The van der Waals surface area contributed by atoms with Crippen LogP contribution >= 0.6 is 0 Å². The number of nitrogens with zero attached hydrogens (tertiary/aromatic N) is 5. The fourth-order valence-electron chi connectivity index (χ4n) is 6.71. The standard InChI is InChI=1S/C37H50N8O2/c1-5-34-32(35(41-30-12-18-47-19-13-30)33-24-40-45(6-2)36(33)42-34)23-39-37(46)38-22-27-11-10-26(3)31(21-27)29-9-7-8-28(20-29)25-44-16-14-43(4)15-17-44/h7-11,20-21,24,30H,5-6,12-19,22-23,25H2,1-4H3,(H,41,42)(H2,38,39,46). The minimum absolute atomic E-state index is 0.204. The average molecular weight is 639 g/mol. The molecule has 2 aliphatic rings. The molecule has 47 heavy (non-hydrogen) atoms. The molecule has 0 saturated carbocycles. The normalized spacial score (nSPS) is 16.4. The van der Waals surface area contributed by atoms with Crippen molar-refractivity contribution in [2.75, 3.05) is 51.8 Å². The highest BCUT2D eigenvalue weighted by atomic mass is 16.5. The fourth-order valence-corrected chi connectivity index (χ4v) is 6.71. The van der Waals surface area contributed by atoms with Gasteiger partial charge in [-0.3, -0.25) is 4.90 Å². The van der Waals surface area contributed by atoms with Crippen molar-refractivity contribution >= 4 is 22.8 Å². The summed E-state index contributed by atoms with van der Waals surface area (Å²) in [4.78, 5) is 23.1. The molecule has 2 fully saturated rings. The first kappa shape index (κ1) is 32.9. The zero-order chi connectivity index (χ0) is 32.8. The largest absolute Gasteiger partial charge is 0.381 e. The highest BCUT2D eigenvalue weighted by Crippen LogP contribution is 2.31. The Kier molecular flexibility index (Phi) is 10.7. The zero-order valence-corrected chi connectivity index (χ0v) is 28.4. The molecule has 2 amide bonds. The van der Waals surface area contributed by atoms with Crippen LogP contribution in [0.3, 0.4) is 0 Å². The van der Waals surface area contributed by atoms with Crippen molar-refractivity contribution in [1.82, 2.24) is 35.2 Å². The van der Waals surface area contributed by atoms with Gasteiger partial charge in [-0.15, -0.1) is 0 Å². The number of amides is 2. The molecule has 4 heterocycles. The Labute approximate surface area is 278 Å². The molecule has 0 unspecified atom stereocenters. The molecule has 10 nitrogen and oxygen atoms in total. The van der Waals surface area contributed by atoms with Crippen LogP contribution in [-0.4, -0.2) is 83.1 Å². The number of hydrogen-bond acceptors (Lipinski definition) is 7. The van der Waals surface area contributed by atoms with Crippen molar-refractivity contribution in [2.45, 2.75) is 72.3 Å². The minimum atomic E-state index is -0.204. The predicted octanol–water partition coefficient (Wildman–Crippen LogP) is 5.33. The van der Waals surface area contributed by atoms with Crippen LogP contribution in [0.15, 0.2) is 48.7 Å². The number of nitrogens with one attached hydrogen (secondary N) is 3. The second-order valence-corrected chi connectivity index (χ2v) is 13.0. The predicted molar refractivity (Wildman–Crippen MR) is 189 cm³/mol. The Hall–Kier alpha value is -3.99. The number of benzene rings is 2. The third-order valence-corrected chi connectivity index (χ3v) is 9.60. The van der Waals surface area contributed by atoms with Crippen molar-refractivity contribution in [1.29, 1.82) is 0 Å². The first-order valence-electron chi connectivity index (χ1n) is 17.2. The fraction of sp³-hybridized carbons (Fsp3) is 0.486. The zero-order valence-electron chi connectivity index (χ0n) is 28.4. The monoisotopic (exact) mass is 638 g/mol. The van der Waals surface area contributed by atoms with Crippen molar-refractivity contribution in [3.05, 3.63) is 76.6 Å². The Morgan fingerprint density at radius 3 is 2.53 bits per heavy atom. The highest BCUT2D eigenvalue weighted by Gasteiger charge is 2.22. The lowest BCUT2D eigenvalue weighted by Gasteiger charge is -2.32. The molecular weight excluding hydrogens is 588 g/mol. The summed E-state index contributed by atoms with van der Waals surface area (Å²) >= 11 is 0. The van der Waals surface area contributed by atoms with Gasteiger partial charge in [-0.2, -0.15) is 5.10 Å². The maximum absolute atomic E-state index is 13.2. The van der Waals surface area contributed by atoms with Crippen LogP contribution in [0.2, 0.25) is 0 Å². The van der Waals surface area contributed by atoms with Crippen LogP contribution in [0.25, 0.3) is 22.2 Å². The molecule has 250 valence electrons. The number of likely N-dealkylation sites (N-methyl/N-ethyl adjacent to an activating group) is 1. The second-order valence-electron chi connectivity index (χ2n) is 13.0. The van der Waals surface area contributed by atoms with Gasteiger partial charge in [0.25, 0.3) is 0 Å². The van der Waals surface area contributed by atoms with Gasteiger partial charge < -0.3 is 25.6 Å². The molecule has 0 bridgehead atoms. The Balaban J connectivity index is 1.13. The van der Waals surface area contributed by atoms with Gasteiger partial charge in [-0.05, 0) is 80.1 Å². The first-order valence-corrected chi connectivity index (χ1v) is 17.2.